The normalized spacial score (nSPS) is 20.1. The van der Waals surface area contributed by atoms with Crippen LogP contribution in [0, 0.1) is 0 Å². The van der Waals surface area contributed by atoms with Crippen molar-refractivity contribution < 1.29 is 28.5 Å². The molecule has 1 saturated heterocycles. The third kappa shape index (κ3) is 8.47. The van der Waals surface area contributed by atoms with Crippen molar-refractivity contribution in [1.29, 1.82) is 0 Å². The Hall–Kier alpha value is -2.78. The quantitative estimate of drug-likeness (QED) is 0.167. The second-order valence-electron chi connectivity index (χ2n) is 13.1. The molecule has 1 fully saturated rings. The molecule has 0 saturated carbocycles. The molecule has 4 rings (SSSR count). The molecule has 0 spiro atoms. The minimum atomic E-state index is -2.67. The van der Waals surface area contributed by atoms with Crippen molar-refractivity contribution in [3.63, 3.8) is 0 Å². The van der Waals surface area contributed by atoms with Gasteiger partial charge < -0.3 is 28.5 Å². The minimum absolute atomic E-state index is 0.00612. The summed E-state index contributed by atoms with van der Waals surface area (Å²) in [5.41, 5.74) is 1.09. The van der Waals surface area contributed by atoms with Crippen molar-refractivity contribution in [3.05, 3.63) is 103 Å². The van der Waals surface area contributed by atoms with E-state index in [9.17, 15) is 5.11 Å². The number of hydrogen-bond donors (Lipinski definition) is 1. The molecule has 3 aromatic carbocycles. The van der Waals surface area contributed by atoms with Crippen LogP contribution in [0.2, 0.25) is 5.04 Å². The standard InChI is InChI=1S/C37H50O6Si/c1-28(40-27-29-21-23-30(39-7)24-22-29)15-14-20-33(38)35-34(42-37(5,6)43-35)25-26-41-44(36(2,3)4,31-16-10-8-11-17-31)32-18-12-9-13-19-32/h8-14,16-24,28,33-35,38H,15,25-27H2,1-7H3/t28-,33?,34-,35?/m0/s1. The fourth-order valence-corrected chi connectivity index (χ4v) is 10.6. The average molecular weight is 619 g/mol. The Labute approximate surface area is 265 Å². The van der Waals surface area contributed by atoms with Crippen LogP contribution in [-0.4, -0.2) is 57.3 Å². The van der Waals surface area contributed by atoms with Crippen LogP contribution in [0.4, 0.5) is 0 Å². The van der Waals surface area contributed by atoms with E-state index in [1.54, 1.807) is 13.2 Å². The van der Waals surface area contributed by atoms with E-state index in [0.29, 0.717) is 26.1 Å². The van der Waals surface area contributed by atoms with Crippen LogP contribution in [0.3, 0.4) is 0 Å². The molecule has 0 aromatic heterocycles. The molecule has 7 heteroatoms. The predicted molar refractivity (Wildman–Crippen MR) is 179 cm³/mol. The monoisotopic (exact) mass is 618 g/mol. The first kappa shape index (κ1) is 34.1. The highest BCUT2D eigenvalue weighted by Gasteiger charge is 2.51. The molecular formula is C37H50O6Si. The van der Waals surface area contributed by atoms with E-state index >= 15 is 0 Å². The molecule has 238 valence electrons. The largest absolute Gasteiger partial charge is 0.497 e. The number of benzene rings is 3. The van der Waals surface area contributed by atoms with Crippen molar-refractivity contribution in [1.82, 2.24) is 0 Å². The Morgan fingerprint density at radius 1 is 0.909 bits per heavy atom. The van der Waals surface area contributed by atoms with Gasteiger partial charge in [0.15, 0.2) is 5.79 Å². The van der Waals surface area contributed by atoms with Gasteiger partial charge in [-0.1, -0.05) is 106 Å². The zero-order chi connectivity index (χ0) is 31.8. The summed E-state index contributed by atoms with van der Waals surface area (Å²) in [4.78, 5) is 0. The molecule has 2 unspecified atom stereocenters. The van der Waals surface area contributed by atoms with Gasteiger partial charge in [0, 0.05) is 6.61 Å². The average Bonchev–Trinajstić information content (AvgIpc) is 3.32. The summed E-state index contributed by atoms with van der Waals surface area (Å²) >= 11 is 0. The number of methoxy groups -OCH3 is 1. The molecule has 0 radical (unpaired) electrons. The maximum atomic E-state index is 11.2. The maximum Gasteiger partial charge on any atom is 0.261 e. The second-order valence-corrected chi connectivity index (χ2v) is 17.4. The van der Waals surface area contributed by atoms with Crippen LogP contribution in [0.25, 0.3) is 0 Å². The van der Waals surface area contributed by atoms with Gasteiger partial charge in [-0.15, -0.1) is 0 Å². The van der Waals surface area contributed by atoms with Crippen LogP contribution < -0.4 is 15.1 Å². The summed E-state index contributed by atoms with van der Waals surface area (Å²) in [6.07, 6.45) is 3.41. The zero-order valence-electron chi connectivity index (χ0n) is 27.4. The van der Waals surface area contributed by atoms with E-state index in [1.807, 2.05) is 51.1 Å². The second kappa shape index (κ2) is 15.0. The number of hydrogen-bond acceptors (Lipinski definition) is 6. The number of ether oxygens (including phenoxy) is 4. The fraction of sp³-hybridized carbons (Fsp3) is 0.459. The van der Waals surface area contributed by atoms with Gasteiger partial charge in [-0.3, -0.25) is 0 Å². The molecule has 1 aliphatic rings. The van der Waals surface area contributed by atoms with Gasteiger partial charge in [-0.05, 0) is 66.7 Å². The molecule has 1 heterocycles. The van der Waals surface area contributed by atoms with E-state index in [0.717, 1.165) is 11.3 Å². The first-order valence-corrected chi connectivity index (χ1v) is 17.6. The van der Waals surface area contributed by atoms with Crippen LogP contribution in [0.15, 0.2) is 97.1 Å². The molecule has 0 amide bonds. The molecule has 0 aliphatic carbocycles. The fourth-order valence-electron chi connectivity index (χ4n) is 6.01. The van der Waals surface area contributed by atoms with Crippen molar-refractivity contribution >= 4 is 18.7 Å². The molecular weight excluding hydrogens is 568 g/mol. The van der Waals surface area contributed by atoms with Gasteiger partial charge in [0.2, 0.25) is 0 Å². The van der Waals surface area contributed by atoms with Crippen molar-refractivity contribution in [2.45, 2.75) is 96.2 Å². The lowest BCUT2D eigenvalue weighted by Gasteiger charge is -2.43. The van der Waals surface area contributed by atoms with Gasteiger partial charge in [0.1, 0.15) is 18.0 Å². The van der Waals surface area contributed by atoms with Gasteiger partial charge >= 0.3 is 0 Å². The van der Waals surface area contributed by atoms with Crippen molar-refractivity contribution in [2.75, 3.05) is 13.7 Å². The van der Waals surface area contributed by atoms with Gasteiger partial charge in [0.25, 0.3) is 8.32 Å². The Morgan fingerprint density at radius 3 is 2.05 bits per heavy atom. The van der Waals surface area contributed by atoms with Crippen LogP contribution in [0.5, 0.6) is 5.75 Å². The summed E-state index contributed by atoms with van der Waals surface area (Å²) in [6, 6.07) is 29.1. The van der Waals surface area contributed by atoms with E-state index in [2.05, 4.69) is 81.4 Å². The summed E-state index contributed by atoms with van der Waals surface area (Å²) < 4.78 is 30.8. The lowest BCUT2D eigenvalue weighted by molar-refractivity contribution is -0.153. The molecule has 1 aliphatic heterocycles. The third-order valence-electron chi connectivity index (χ3n) is 8.19. The SMILES string of the molecule is COc1ccc(CO[C@@H](C)CC=CC(O)C2OC(C)(C)O[C@H]2CCO[Si](c2ccccc2)(c2ccccc2)C(C)(C)C)cc1. The van der Waals surface area contributed by atoms with E-state index < -0.39 is 26.3 Å². The molecule has 1 N–H and O–H groups in total. The summed E-state index contributed by atoms with van der Waals surface area (Å²) in [5, 5.41) is 13.6. The highest BCUT2D eigenvalue weighted by Crippen LogP contribution is 2.38. The first-order chi connectivity index (χ1) is 20.9. The number of rotatable bonds is 14. The van der Waals surface area contributed by atoms with E-state index in [1.165, 1.54) is 10.4 Å². The zero-order valence-corrected chi connectivity index (χ0v) is 28.4. The van der Waals surface area contributed by atoms with E-state index in [-0.39, 0.29) is 17.2 Å². The van der Waals surface area contributed by atoms with Gasteiger partial charge in [-0.25, -0.2) is 0 Å². The summed E-state index contributed by atoms with van der Waals surface area (Å²) in [5.74, 6) is 0.0314. The predicted octanol–water partition coefficient (Wildman–Crippen LogP) is 6.39. The van der Waals surface area contributed by atoms with Crippen LogP contribution >= 0.6 is 0 Å². The number of aliphatic hydroxyl groups excluding tert-OH is 1. The molecule has 0 bridgehead atoms. The van der Waals surface area contributed by atoms with E-state index in [4.69, 9.17) is 23.4 Å². The molecule has 3 aromatic rings. The molecule has 4 atom stereocenters. The van der Waals surface area contributed by atoms with Crippen LogP contribution in [0.1, 0.15) is 59.9 Å². The summed E-state index contributed by atoms with van der Waals surface area (Å²) in [7, 11) is -1.01. The third-order valence-corrected chi connectivity index (χ3v) is 13.2. The Bertz CT molecular complexity index is 1260. The Balaban J connectivity index is 1.40. The Morgan fingerprint density at radius 2 is 1.50 bits per heavy atom. The topological polar surface area (TPSA) is 66.4 Å². The van der Waals surface area contributed by atoms with Crippen molar-refractivity contribution in [2.24, 2.45) is 0 Å². The highest BCUT2D eigenvalue weighted by atomic mass is 28.4. The van der Waals surface area contributed by atoms with Crippen molar-refractivity contribution in [3.8, 4) is 5.75 Å². The number of aliphatic hydroxyl groups is 1. The lowest BCUT2D eigenvalue weighted by Crippen LogP contribution is -2.66. The maximum absolute atomic E-state index is 11.2. The minimum Gasteiger partial charge on any atom is -0.497 e. The molecule has 6 nitrogen and oxygen atoms in total. The molecule has 44 heavy (non-hydrogen) atoms. The smallest absolute Gasteiger partial charge is 0.261 e. The first-order valence-electron chi connectivity index (χ1n) is 15.6. The highest BCUT2D eigenvalue weighted by molar-refractivity contribution is 6.99. The van der Waals surface area contributed by atoms with Gasteiger partial charge in [-0.2, -0.15) is 0 Å². The lowest BCUT2D eigenvalue weighted by atomic mass is 10.0. The van der Waals surface area contributed by atoms with Gasteiger partial charge in [0.05, 0.1) is 25.9 Å². The summed E-state index contributed by atoms with van der Waals surface area (Å²) in [6.45, 7) is 13.7. The van der Waals surface area contributed by atoms with Crippen LogP contribution in [-0.2, 0) is 25.2 Å². The Kier molecular flexibility index (Phi) is 11.6.